The summed E-state index contributed by atoms with van der Waals surface area (Å²) in [7, 11) is 3.18. The molecule has 0 N–H and O–H groups in total. The molecule has 1 aliphatic rings. The Morgan fingerprint density at radius 3 is 2.46 bits per heavy atom. The predicted octanol–water partition coefficient (Wildman–Crippen LogP) is 3.52. The lowest BCUT2D eigenvalue weighted by Crippen LogP contribution is -2.40. The number of hydrogen-bond acceptors (Lipinski definition) is 8. The van der Waals surface area contributed by atoms with Gasteiger partial charge >= 0.3 is 5.97 Å². The molecule has 2 heterocycles. The van der Waals surface area contributed by atoms with Gasteiger partial charge in [0.25, 0.3) is 5.56 Å². The van der Waals surface area contributed by atoms with Gasteiger partial charge < -0.3 is 18.9 Å². The summed E-state index contributed by atoms with van der Waals surface area (Å²) in [4.78, 5) is 32.1. The lowest BCUT2D eigenvalue weighted by atomic mass is 9.95. The summed E-state index contributed by atoms with van der Waals surface area (Å²) in [5, 5.41) is 0. The number of carbonyl (C=O) groups is 1. The second-order valence-corrected chi connectivity index (χ2v) is 9.38. The van der Waals surface area contributed by atoms with E-state index < -0.39 is 12.0 Å². The van der Waals surface area contributed by atoms with Gasteiger partial charge in [0.05, 0.1) is 49.3 Å². The van der Waals surface area contributed by atoms with Crippen LogP contribution < -0.4 is 29.1 Å². The summed E-state index contributed by atoms with van der Waals surface area (Å²) in [5.74, 6) is 1.31. The third-order valence-corrected chi connectivity index (χ3v) is 7.03. The molecule has 0 spiro atoms. The van der Waals surface area contributed by atoms with Crippen molar-refractivity contribution in [2.24, 2.45) is 4.99 Å². The predicted molar refractivity (Wildman–Crippen MR) is 142 cm³/mol. The zero-order valence-corrected chi connectivity index (χ0v) is 22.6. The van der Waals surface area contributed by atoms with E-state index >= 15 is 0 Å². The van der Waals surface area contributed by atoms with Crippen LogP contribution in [0.25, 0.3) is 6.08 Å². The van der Waals surface area contributed by atoms with Crippen LogP contribution in [-0.2, 0) is 9.53 Å². The number of benzene rings is 2. The molecule has 2 aromatic carbocycles. The molecule has 1 atom stereocenters. The van der Waals surface area contributed by atoms with Crippen LogP contribution in [0, 0.1) is 6.92 Å². The van der Waals surface area contributed by atoms with Gasteiger partial charge in [0.1, 0.15) is 5.75 Å². The van der Waals surface area contributed by atoms with E-state index in [1.54, 1.807) is 44.8 Å². The highest BCUT2D eigenvalue weighted by atomic mass is 32.1. The van der Waals surface area contributed by atoms with Gasteiger partial charge in [-0.1, -0.05) is 29.5 Å². The molecule has 3 aromatic rings. The SMILES string of the molecule is CCOC(=O)C1=C(C)N=c2sc(=Cc3ccc(C)c(OC)c3)c(=O)n2[C@H]1c1ccc(OC)c(OCC)c1. The van der Waals surface area contributed by atoms with Gasteiger partial charge in [-0.3, -0.25) is 9.36 Å². The molecular formula is C28H30N2O6S. The molecular weight excluding hydrogens is 492 g/mol. The van der Waals surface area contributed by atoms with Crippen molar-refractivity contribution in [1.82, 2.24) is 4.57 Å². The van der Waals surface area contributed by atoms with Crippen LogP contribution in [0.2, 0.25) is 0 Å². The summed E-state index contributed by atoms with van der Waals surface area (Å²) < 4.78 is 24.1. The van der Waals surface area contributed by atoms with Gasteiger partial charge in [-0.15, -0.1) is 0 Å². The molecule has 0 fully saturated rings. The third kappa shape index (κ3) is 5.04. The molecule has 1 aromatic heterocycles. The monoisotopic (exact) mass is 522 g/mol. The van der Waals surface area contributed by atoms with Crippen LogP contribution in [0.4, 0.5) is 0 Å². The number of hydrogen-bond donors (Lipinski definition) is 0. The normalized spacial score (nSPS) is 15.2. The average molecular weight is 523 g/mol. The Kier molecular flexibility index (Phi) is 7.83. The van der Waals surface area contributed by atoms with Crippen LogP contribution >= 0.6 is 11.3 Å². The molecule has 37 heavy (non-hydrogen) atoms. The molecule has 4 rings (SSSR count). The largest absolute Gasteiger partial charge is 0.496 e. The van der Waals surface area contributed by atoms with Crippen LogP contribution in [-0.4, -0.2) is 38.0 Å². The summed E-state index contributed by atoms with van der Waals surface area (Å²) >= 11 is 1.27. The molecule has 0 unspecified atom stereocenters. The standard InChI is InChI=1S/C28H30N2O6S/c1-7-35-22-15-19(11-12-20(22)33-5)25-24(27(32)36-8-2)17(4)29-28-30(25)26(31)23(37-28)14-18-10-9-16(3)21(13-18)34-6/h9-15,25H,7-8H2,1-6H3/t25-/m0/s1. The van der Waals surface area contributed by atoms with E-state index in [-0.39, 0.29) is 12.2 Å². The van der Waals surface area contributed by atoms with E-state index in [1.807, 2.05) is 44.2 Å². The van der Waals surface area contributed by atoms with Crippen molar-refractivity contribution in [1.29, 1.82) is 0 Å². The summed E-state index contributed by atoms with van der Waals surface area (Å²) in [6.45, 7) is 7.98. The van der Waals surface area contributed by atoms with Gasteiger partial charge in [-0.05, 0) is 68.7 Å². The van der Waals surface area contributed by atoms with Gasteiger partial charge in [0.2, 0.25) is 0 Å². The Morgan fingerprint density at radius 1 is 1.03 bits per heavy atom. The zero-order valence-electron chi connectivity index (χ0n) is 21.8. The zero-order chi connectivity index (χ0) is 26.7. The van der Waals surface area contributed by atoms with Crippen LogP contribution in [0.3, 0.4) is 0 Å². The van der Waals surface area contributed by atoms with Gasteiger partial charge in [0, 0.05) is 0 Å². The maximum Gasteiger partial charge on any atom is 0.338 e. The van der Waals surface area contributed by atoms with Crippen molar-refractivity contribution in [3.05, 3.63) is 84.0 Å². The summed E-state index contributed by atoms with van der Waals surface area (Å²) in [5.41, 5.74) is 3.07. The molecule has 0 aliphatic carbocycles. The molecule has 0 saturated heterocycles. The minimum Gasteiger partial charge on any atom is -0.496 e. The average Bonchev–Trinajstić information content (AvgIpc) is 3.18. The second kappa shape index (κ2) is 11.0. The van der Waals surface area contributed by atoms with Crippen LogP contribution in [0.1, 0.15) is 43.5 Å². The fourth-order valence-electron chi connectivity index (χ4n) is 4.32. The Balaban J connectivity index is 1.95. The molecule has 0 saturated carbocycles. The topological polar surface area (TPSA) is 88.4 Å². The number of aryl methyl sites for hydroxylation is 1. The number of allylic oxidation sites excluding steroid dienone is 1. The van der Waals surface area contributed by atoms with Gasteiger partial charge in [0.15, 0.2) is 16.3 Å². The van der Waals surface area contributed by atoms with E-state index in [1.165, 1.54) is 11.3 Å². The Bertz CT molecular complexity index is 1550. The van der Waals surface area contributed by atoms with E-state index in [9.17, 15) is 9.59 Å². The fraction of sp³-hybridized carbons (Fsp3) is 0.321. The van der Waals surface area contributed by atoms with Crippen molar-refractivity contribution in [2.75, 3.05) is 27.4 Å². The van der Waals surface area contributed by atoms with Crippen LogP contribution in [0.5, 0.6) is 17.2 Å². The number of nitrogens with zero attached hydrogens (tertiary/aromatic N) is 2. The number of esters is 1. The smallest absolute Gasteiger partial charge is 0.338 e. The highest BCUT2D eigenvalue weighted by molar-refractivity contribution is 7.07. The molecule has 0 radical (unpaired) electrons. The number of aromatic nitrogens is 1. The molecule has 0 bridgehead atoms. The Labute approximate surface area is 219 Å². The first-order valence-electron chi connectivity index (χ1n) is 12.0. The second-order valence-electron chi connectivity index (χ2n) is 8.37. The van der Waals surface area contributed by atoms with Crippen molar-refractivity contribution >= 4 is 23.4 Å². The van der Waals surface area contributed by atoms with E-state index in [0.29, 0.717) is 44.3 Å². The number of fused-ring (bicyclic) bond motifs is 1. The number of thiazole rings is 1. The minimum atomic E-state index is -0.741. The van der Waals surface area contributed by atoms with Crippen molar-refractivity contribution < 1.29 is 23.7 Å². The van der Waals surface area contributed by atoms with Crippen molar-refractivity contribution in [2.45, 2.75) is 33.7 Å². The first kappa shape index (κ1) is 26.2. The molecule has 9 heteroatoms. The number of ether oxygens (including phenoxy) is 4. The number of carbonyl (C=O) groups excluding carboxylic acids is 1. The van der Waals surface area contributed by atoms with Crippen LogP contribution in [0.15, 0.2) is 57.5 Å². The Morgan fingerprint density at radius 2 is 1.78 bits per heavy atom. The molecule has 0 amide bonds. The maximum atomic E-state index is 13.8. The van der Waals surface area contributed by atoms with E-state index in [4.69, 9.17) is 18.9 Å². The summed E-state index contributed by atoms with van der Waals surface area (Å²) in [6, 6.07) is 10.4. The molecule has 8 nitrogen and oxygen atoms in total. The van der Waals surface area contributed by atoms with Crippen molar-refractivity contribution in [3.8, 4) is 17.2 Å². The van der Waals surface area contributed by atoms with E-state index in [2.05, 4.69) is 4.99 Å². The lowest BCUT2D eigenvalue weighted by molar-refractivity contribution is -0.139. The first-order valence-corrected chi connectivity index (χ1v) is 12.8. The fourth-order valence-corrected chi connectivity index (χ4v) is 5.36. The van der Waals surface area contributed by atoms with E-state index in [0.717, 1.165) is 16.9 Å². The first-order chi connectivity index (χ1) is 17.8. The third-order valence-electron chi connectivity index (χ3n) is 6.05. The highest BCUT2D eigenvalue weighted by Gasteiger charge is 2.34. The van der Waals surface area contributed by atoms with Crippen molar-refractivity contribution in [3.63, 3.8) is 0 Å². The summed E-state index contributed by atoms with van der Waals surface area (Å²) in [6.07, 6.45) is 1.81. The van der Waals surface area contributed by atoms with Gasteiger partial charge in [-0.25, -0.2) is 9.79 Å². The highest BCUT2D eigenvalue weighted by Crippen LogP contribution is 2.36. The number of rotatable bonds is 8. The molecule has 194 valence electrons. The minimum absolute atomic E-state index is 0.203. The maximum absolute atomic E-state index is 13.8. The Hall–Kier alpha value is -3.85. The number of methoxy groups -OCH3 is 2. The lowest BCUT2D eigenvalue weighted by Gasteiger charge is -2.25. The quantitative estimate of drug-likeness (QED) is 0.421. The molecule has 1 aliphatic heterocycles. The van der Waals surface area contributed by atoms with Gasteiger partial charge in [-0.2, -0.15) is 0 Å².